The molecule has 0 saturated carbocycles. The van der Waals surface area contributed by atoms with E-state index in [0.717, 1.165) is 0 Å². The number of rotatable bonds is 5. The topological polar surface area (TPSA) is 102 Å². The third-order valence-electron chi connectivity index (χ3n) is 3.21. The summed E-state index contributed by atoms with van der Waals surface area (Å²) in [6, 6.07) is 11.4. The summed E-state index contributed by atoms with van der Waals surface area (Å²) >= 11 is 0. The van der Waals surface area contributed by atoms with E-state index in [9.17, 15) is 13.2 Å². The highest BCUT2D eigenvalue weighted by Crippen LogP contribution is 2.20. The van der Waals surface area contributed by atoms with Gasteiger partial charge in [-0.3, -0.25) is 4.79 Å². The van der Waals surface area contributed by atoms with Gasteiger partial charge < -0.3 is 9.84 Å². The Morgan fingerprint density at radius 3 is 2.70 bits per heavy atom. The number of hydrogen-bond donors (Lipinski definition) is 1. The SMILES string of the molecule is O=C(CCS(=O)(=O)c1ccccc1)Nc1noc2ncccc12. The number of amides is 1. The number of benzene rings is 1. The molecule has 1 aromatic carbocycles. The quantitative estimate of drug-likeness (QED) is 0.767. The Balaban J connectivity index is 1.66. The second kappa shape index (κ2) is 6.17. The number of carbonyl (C=O) groups is 1. The zero-order valence-electron chi connectivity index (χ0n) is 12.0. The third-order valence-corrected chi connectivity index (χ3v) is 4.94. The van der Waals surface area contributed by atoms with Gasteiger partial charge in [0, 0.05) is 12.6 Å². The second-order valence-corrected chi connectivity index (χ2v) is 6.93. The largest absolute Gasteiger partial charge is 0.334 e. The molecule has 0 bridgehead atoms. The highest BCUT2D eigenvalue weighted by molar-refractivity contribution is 7.91. The van der Waals surface area contributed by atoms with Gasteiger partial charge in [0.2, 0.25) is 5.91 Å². The van der Waals surface area contributed by atoms with Gasteiger partial charge >= 0.3 is 0 Å². The molecule has 0 spiro atoms. The predicted octanol–water partition coefficient (Wildman–Crippen LogP) is 2.03. The average molecular weight is 331 g/mol. The normalized spacial score (nSPS) is 11.5. The van der Waals surface area contributed by atoms with E-state index in [2.05, 4.69) is 15.5 Å². The molecule has 0 saturated heterocycles. The van der Waals surface area contributed by atoms with Crippen molar-refractivity contribution in [3.8, 4) is 0 Å². The first-order chi connectivity index (χ1) is 11.1. The maximum Gasteiger partial charge on any atom is 0.259 e. The molecular formula is C15H13N3O4S. The number of aromatic nitrogens is 2. The molecule has 118 valence electrons. The third kappa shape index (κ3) is 3.37. The number of anilines is 1. The summed E-state index contributed by atoms with van der Waals surface area (Å²) in [7, 11) is -3.49. The maximum absolute atomic E-state index is 12.1. The summed E-state index contributed by atoms with van der Waals surface area (Å²) in [5.74, 6) is -0.504. The van der Waals surface area contributed by atoms with Crippen LogP contribution in [0.2, 0.25) is 0 Å². The van der Waals surface area contributed by atoms with E-state index in [1.807, 2.05) is 0 Å². The molecule has 1 amide bonds. The van der Waals surface area contributed by atoms with E-state index in [-0.39, 0.29) is 22.9 Å². The Labute approximate surface area is 132 Å². The van der Waals surface area contributed by atoms with Crippen LogP contribution in [0.25, 0.3) is 11.1 Å². The van der Waals surface area contributed by atoms with E-state index in [0.29, 0.717) is 11.1 Å². The molecule has 0 fully saturated rings. The smallest absolute Gasteiger partial charge is 0.259 e. The molecule has 8 heteroatoms. The van der Waals surface area contributed by atoms with Crippen molar-refractivity contribution in [3.05, 3.63) is 48.7 Å². The van der Waals surface area contributed by atoms with E-state index in [1.54, 1.807) is 36.5 Å². The summed E-state index contributed by atoms with van der Waals surface area (Å²) < 4.78 is 29.2. The standard InChI is InChI=1S/C15H13N3O4S/c19-13(8-10-23(20,21)11-5-2-1-3-6-11)17-14-12-7-4-9-16-15(12)22-18-14/h1-7,9H,8,10H2,(H,17,18,19). The summed E-state index contributed by atoms with van der Waals surface area (Å²) in [6.07, 6.45) is 1.37. The van der Waals surface area contributed by atoms with Crippen molar-refractivity contribution in [2.24, 2.45) is 0 Å². The molecule has 2 aromatic heterocycles. The fourth-order valence-corrected chi connectivity index (χ4v) is 3.30. The molecular weight excluding hydrogens is 318 g/mol. The van der Waals surface area contributed by atoms with Gasteiger partial charge in [0.05, 0.1) is 16.0 Å². The zero-order chi connectivity index (χ0) is 16.3. The minimum absolute atomic E-state index is 0.175. The van der Waals surface area contributed by atoms with Gasteiger partial charge in [-0.2, -0.15) is 0 Å². The number of hydrogen-bond acceptors (Lipinski definition) is 6. The molecule has 0 aliphatic heterocycles. The first kappa shape index (κ1) is 15.2. The Hall–Kier alpha value is -2.74. The van der Waals surface area contributed by atoms with Crippen LogP contribution in [0, 0.1) is 0 Å². The fourth-order valence-electron chi connectivity index (χ4n) is 2.04. The van der Waals surface area contributed by atoms with Gasteiger partial charge in [-0.1, -0.05) is 23.4 Å². The van der Waals surface area contributed by atoms with Crippen molar-refractivity contribution < 1.29 is 17.7 Å². The summed E-state index contributed by atoms with van der Waals surface area (Å²) in [6.45, 7) is 0. The monoisotopic (exact) mass is 331 g/mol. The van der Waals surface area contributed by atoms with Crippen LogP contribution in [0.15, 0.2) is 58.1 Å². The van der Waals surface area contributed by atoms with Crippen molar-refractivity contribution in [2.75, 3.05) is 11.1 Å². The van der Waals surface area contributed by atoms with Crippen LogP contribution >= 0.6 is 0 Å². The molecule has 0 aliphatic carbocycles. The number of sulfone groups is 1. The van der Waals surface area contributed by atoms with Crippen LogP contribution in [0.3, 0.4) is 0 Å². The van der Waals surface area contributed by atoms with E-state index < -0.39 is 15.7 Å². The van der Waals surface area contributed by atoms with Crippen LogP contribution in [0.4, 0.5) is 5.82 Å². The van der Waals surface area contributed by atoms with Crippen LogP contribution in [0.5, 0.6) is 0 Å². The second-order valence-electron chi connectivity index (χ2n) is 4.82. The van der Waals surface area contributed by atoms with Gasteiger partial charge in [-0.25, -0.2) is 13.4 Å². The number of pyridine rings is 1. The lowest BCUT2D eigenvalue weighted by atomic mass is 10.3. The molecule has 2 heterocycles. The van der Waals surface area contributed by atoms with Gasteiger partial charge in [0.25, 0.3) is 5.71 Å². The first-order valence-corrected chi connectivity index (χ1v) is 8.49. The van der Waals surface area contributed by atoms with Crippen molar-refractivity contribution >= 4 is 32.7 Å². The number of carbonyl (C=O) groups excluding carboxylic acids is 1. The maximum atomic E-state index is 12.1. The van der Waals surface area contributed by atoms with Gasteiger partial charge in [-0.15, -0.1) is 0 Å². The van der Waals surface area contributed by atoms with E-state index in [1.165, 1.54) is 12.1 Å². The van der Waals surface area contributed by atoms with Crippen LogP contribution in [-0.2, 0) is 14.6 Å². The highest BCUT2D eigenvalue weighted by Gasteiger charge is 2.17. The zero-order valence-corrected chi connectivity index (χ0v) is 12.8. The van der Waals surface area contributed by atoms with Gasteiger partial charge in [0.1, 0.15) is 0 Å². The van der Waals surface area contributed by atoms with Crippen LogP contribution < -0.4 is 5.32 Å². The molecule has 0 radical (unpaired) electrons. The van der Waals surface area contributed by atoms with Crippen molar-refractivity contribution in [1.29, 1.82) is 0 Å². The number of nitrogens with one attached hydrogen (secondary N) is 1. The minimum Gasteiger partial charge on any atom is -0.334 e. The van der Waals surface area contributed by atoms with Gasteiger partial charge in [-0.05, 0) is 24.3 Å². The Morgan fingerprint density at radius 2 is 1.91 bits per heavy atom. The molecule has 0 atom stereocenters. The van der Waals surface area contributed by atoms with E-state index >= 15 is 0 Å². The van der Waals surface area contributed by atoms with Crippen LogP contribution in [-0.4, -0.2) is 30.2 Å². The lowest BCUT2D eigenvalue weighted by Crippen LogP contribution is -2.17. The lowest BCUT2D eigenvalue weighted by Gasteiger charge is -2.04. The predicted molar refractivity (Wildman–Crippen MR) is 83.5 cm³/mol. The van der Waals surface area contributed by atoms with Crippen molar-refractivity contribution in [1.82, 2.24) is 10.1 Å². The summed E-state index contributed by atoms with van der Waals surface area (Å²) in [5, 5.41) is 6.82. The van der Waals surface area contributed by atoms with Crippen LogP contribution in [0.1, 0.15) is 6.42 Å². The molecule has 23 heavy (non-hydrogen) atoms. The molecule has 7 nitrogen and oxygen atoms in total. The average Bonchev–Trinajstić information content (AvgIpc) is 2.97. The van der Waals surface area contributed by atoms with Crippen molar-refractivity contribution in [3.63, 3.8) is 0 Å². The lowest BCUT2D eigenvalue weighted by molar-refractivity contribution is -0.115. The molecule has 1 N–H and O–H groups in total. The Morgan fingerprint density at radius 1 is 1.13 bits per heavy atom. The van der Waals surface area contributed by atoms with Gasteiger partial charge in [0.15, 0.2) is 15.7 Å². The summed E-state index contributed by atoms with van der Waals surface area (Å²) in [4.78, 5) is 16.1. The Kier molecular flexibility index (Phi) is 4.07. The first-order valence-electron chi connectivity index (χ1n) is 6.84. The number of nitrogens with zero attached hydrogens (tertiary/aromatic N) is 2. The molecule has 0 unspecified atom stereocenters. The van der Waals surface area contributed by atoms with Crippen molar-refractivity contribution in [2.45, 2.75) is 11.3 Å². The fraction of sp³-hybridized carbons (Fsp3) is 0.133. The molecule has 3 aromatic rings. The minimum atomic E-state index is -3.49. The number of fused-ring (bicyclic) bond motifs is 1. The summed E-state index contributed by atoms with van der Waals surface area (Å²) in [5.41, 5.74) is 0.305. The Bertz CT molecular complexity index is 936. The molecule has 0 aliphatic rings. The highest BCUT2D eigenvalue weighted by atomic mass is 32.2. The molecule has 3 rings (SSSR count). The van der Waals surface area contributed by atoms with E-state index in [4.69, 9.17) is 4.52 Å².